The molecule has 0 bridgehead atoms. The Labute approximate surface area is 180 Å². The Morgan fingerprint density at radius 3 is 2.39 bits per heavy atom. The summed E-state index contributed by atoms with van der Waals surface area (Å²) in [6, 6.07) is 11.5. The van der Waals surface area contributed by atoms with Gasteiger partial charge in [-0.3, -0.25) is 19.6 Å². The van der Waals surface area contributed by atoms with E-state index in [1.807, 2.05) is 0 Å². The number of rotatable bonds is 10. The van der Waals surface area contributed by atoms with E-state index in [1.54, 1.807) is 30.3 Å². The maximum atomic E-state index is 11.3. The summed E-state index contributed by atoms with van der Waals surface area (Å²) in [5.41, 5.74) is 10.4. The van der Waals surface area contributed by atoms with Gasteiger partial charge in [0.05, 0.1) is 22.9 Å². The van der Waals surface area contributed by atoms with E-state index in [9.17, 15) is 23.3 Å². The summed E-state index contributed by atoms with van der Waals surface area (Å²) < 4.78 is 30.4. The molecule has 0 heterocycles. The number of sulfonamides is 1. The molecule has 12 heteroatoms. The van der Waals surface area contributed by atoms with Crippen molar-refractivity contribution in [3.05, 3.63) is 58.6 Å². The SMILES string of the molecule is CS(=O)(=O)Nc1ccc([N+](=O)[O-])cc1Oc1ccccc1.NCCCC[C@H](N)C(=O)O. The van der Waals surface area contributed by atoms with E-state index in [0.29, 0.717) is 18.7 Å². The molecule has 11 nitrogen and oxygen atoms in total. The summed E-state index contributed by atoms with van der Waals surface area (Å²) in [5.74, 6) is -0.438. The predicted octanol–water partition coefficient (Wildman–Crippen LogP) is 2.29. The van der Waals surface area contributed by atoms with Crippen LogP contribution in [-0.4, -0.2) is 43.3 Å². The summed E-state index contributed by atoms with van der Waals surface area (Å²) in [4.78, 5) is 20.4. The molecule has 0 fully saturated rings. The van der Waals surface area contributed by atoms with Gasteiger partial charge in [-0.15, -0.1) is 0 Å². The molecule has 0 aromatic heterocycles. The Bertz CT molecular complexity index is 968. The zero-order valence-electron chi connectivity index (χ0n) is 16.9. The maximum Gasteiger partial charge on any atom is 0.320 e. The molecular weight excluding hydrogens is 428 g/mol. The molecule has 2 aromatic rings. The number of hydrogen-bond acceptors (Lipinski definition) is 8. The van der Waals surface area contributed by atoms with Crippen molar-refractivity contribution in [3.63, 3.8) is 0 Å². The van der Waals surface area contributed by atoms with Gasteiger partial charge < -0.3 is 21.3 Å². The molecule has 0 saturated heterocycles. The van der Waals surface area contributed by atoms with Gasteiger partial charge in [0.25, 0.3) is 5.69 Å². The van der Waals surface area contributed by atoms with E-state index in [2.05, 4.69) is 4.72 Å². The van der Waals surface area contributed by atoms with Crippen molar-refractivity contribution < 1.29 is 28.0 Å². The van der Waals surface area contributed by atoms with Crippen LogP contribution in [0.25, 0.3) is 0 Å². The molecule has 0 spiro atoms. The molecule has 0 radical (unpaired) electrons. The summed E-state index contributed by atoms with van der Waals surface area (Å²) in [7, 11) is -3.52. The van der Waals surface area contributed by atoms with Crippen LogP contribution in [0.4, 0.5) is 11.4 Å². The van der Waals surface area contributed by atoms with Crippen LogP contribution in [0.1, 0.15) is 19.3 Å². The van der Waals surface area contributed by atoms with Crippen molar-refractivity contribution >= 4 is 27.4 Å². The first-order chi connectivity index (χ1) is 14.5. The second-order valence-corrected chi connectivity index (χ2v) is 8.20. The highest BCUT2D eigenvalue weighted by Gasteiger charge is 2.15. The van der Waals surface area contributed by atoms with Gasteiger partial charge in [0.1, 0.15) is 11.8 Å². The summed E-state index contributed by atoms with van der Waals surface area (Å²) >= 11 is 0. The van der Waals surface area contributed by atoms with Crippen LogP contribution in [0.5, 0.6) is 11.5 Å². The molecule has 0 aliphatic carbocycles. The number of hydrogen-bond donors (Lipinski definition) is 4. The molecule has 0 saturated carbocycles. The fraction of sp³-hybridized carbons (Fsp3) is 0.316. The third kappa shape index (κ3) is 10.4. The maximum absolute atomic E-state index is 11.3. The van der Waals surface area contributed by atoms with Crippen molar-refractivity contribution in [2.75, 3.05) is 17.5 Å². The number of anilines is 1. The number of aliphatic carboxylic acids is 1. The number of carboxylic acids is 1. The second kappa shape index (κ2) is 12.5. The molecule has 2 rings (SSSR count). The molecule has 0 amide bonds. The number of benzene rings is 2. The van der Waals surface area contributed by atoms with E-state index in [0.717, 1.165) is 19.1 Å². The highest BCUT2D eigenvalue weighted by molar-refractivity contribution is 7.92. The largest absolute Gasteiger partial charge is 0.480 e. The number of ether oxygens (including phenoxy) is 1. The number of nitrogens with zero attached hydrogens (tertiary/aromatic N) is 1. The summed E-state index contributed by atoms with van der Waals surface area (Å²) in [5, 5.41) is 19.1. The van der Waals surface area contributed by atoms with Crippen LogP contribution in [0.2, 0.25) is 0 Å². The lowest BCUT2D eigenvalue weighted by atomic mass is 10.1. The molecule has 31 heavy (non-hydrogen) atoms. The number of para-hydroxylation sites is 1. The van der Waals surface area contributed by atoms with Crippen molar-refractivity contribution in [1.82, 2.24) is 0 Å². The van der Waals surface area contributed by atoms with Crippen molar-refractivity contribution in [2.45, 2.75) is 25.3 Å². The number of nitro benzene ring substituents is 1. The molecular formula is C19H26N4O7S. The zero-order chi connectivity index (χ0) is 23.4. The molecule has 0 aliphatic heterocycles. The Hall–Kier alpha value is -3.22. The Balaban J connectivity index is 0.000000407. The van der Waals surface area contributed by atoms with Gasteiger partial charge in [-0.25, -0.2) is 8.42 Å². The van der Waals surface area contributed by atoms with E-state index in [4.69, 9.17) is 21.3 Å². The van der Waals surface area contributed by atoms with Crippen LogP contribution in [0, 0.1) is 10.1 Å². The Morgan fingerprint density at radius 1 is 1.23 bits per heavy atom. The van der Waals surface area contributed by atoms with Gasteiger partial charge in [0.2, 0.25) is 10.0 Å². The topological polar surface area (TPSA) is 188 Å². The van der Waals surface area contributed by atoms with Crippen LogP contribution >= 0.6 is 0 Å². The van der Waals surface area contributed by atoms with Crippen LogP contribution in [-0.2, 0) is 14.8 Å². The highest BCUT2D eigenvalue weighted by Crippen LogP contribution is 2.33. The molecule has 6 N–H and O–H groups in total. The predicted molar refractivity (Wildman–Crippen MR) is 117 cm³/mol. The van der Waals surface area contributed by atoms with Gasteiger partial charge in [0, 0.05) is 6.07 Å². The monoisotopic (exact) mass is 454 g/mol. The average Bonchev–Trinajstić information content (AvgIpc) is 2.69. The normalized spacial score (nSPS) is 11.6. The zero-order valence-corrected chi connectivity index (χ0v) is 17.7. The van der Waals surface area contributed by atoms with Gasteiger partial charge in [-0.2, -0.15) is 0 Å². The number of carboxylic acid groups (broad SMARTS) is 1. The fourth-order valence-electron chi connectivity index (χ4n) is 2.24. The van der Waals surface area contributed by atoms with Gasteiger partial charge >= 0.3 is 5.97 Å². The number of nitro groups is 1. The summed E-state index contributed by atoms with van der Waals surface area (Å²) in [6.45, 7) is 0.604. The first-order valence-corrected chi connectivity index (χ1v) is 11.1. The van der Waals surface area contributed by atoms with Gasteiger partial charge in [-0.1, -0.05) is 24.6 Å². The Kier molecular flexibility index (Phi) is 10.4. The number of unbranched alkanes of at least 4 members (excludes halogenated alkanes) is 1. The minimum Gasteiger partial charge on any atom is -0.480 e. The molecule has 2 aromatic carbocycles. The highest BCUT2D eigenvalue weighted by atomic mass is 32.2. The third-order valence-electron chi connectivity index (χ3n) is 3.73. The summed E-state index contributed by atoms with van der Waals surface area (Å²) in [6.07, 6.45) is 3.15. The second-order valence-electron chi connectivity index (χ2n) is 6.46. The smallest absolute Gasteiger partial charge is 0.320 e. The number of nitrogens with two attached hydrogens (primary N) is 2. The van der Waals surface area contributed by atoms with Crippen LogP contribution in [0.15, 0.2) is 48.5 Å². The molecule has 170 valence electrons. The lowest BCUT2D eigenvalue weighted by Crippen LogP contribution is -2.29. The van der Waals surface area contributed by atoms with Crippen molar-refractivity contribution in [3.8, 4) is 11.5 Å². The lowest BCUT2D eigenvalue weighted by Gasteiger charge is -2.11. The first-order valence-electron chi connectivity index (χ1n) is 9.21. The van der Waals surface area contributed by atoms with Crippen molar-refractivity contribution in [1.29, 1.82) is 0 Å². The van der Waals surface area contributed by atoms with E-state index < -0.39 is 27.0 Å². The third-order valence-corrected chi connectivity index (χ3v) is 4.32. The molecule has 0 aliphatic rings. The quantitative estimate of drug-likeness (QED) is 0.237. The molecule has 1 atom stereocenters. The number of nitrogens with one attached hydrogen (secondary N) is 1. The standard InChI is InChI=1S/C13H12N2O5S.C6H14N2O2/c1-21(18,19)14-12-8-7-10(15(16)17)9-13(12)20-11-5-3-2-4-6-11;7-4-2-1-3-5(8)6(9)10/h2-9,14H,1H3;5H,1-4,7-8H2,(H,9,10)/t;5-/m.0/s1. The fourth-order valence-corrected chi connectivity index (χ4v) is 2.81. The lowest BCUT2D eigenvalue weighted by molar-refractivity contribution is -0.384. The average molecular weight is 455 g/mol. The number of non-ortho nitro benzene ring substituents is 1. The van der Waals surface area contributed by atoms with Gasteiger partial charge in [0.15, 0.2) is 5.75 Å². The number of carbonyl (C=O) groups is 1. The van der Waals surface area contributed by atoms with E-state index in [1.165, 1.54) is 18.2 Å². The van der Waals surface area contributed by atoms with Crippen LogP contribution in [0.3, 0.4) is 0 Å². The Morgan fingerprint density at radius 2 is 1.87 bits per heavy atom. The van der Waals surface area contributed by atoms with Crippen LogP contribution < -0.4 is 20.9 Å². The first kappa shape index (κ1) is 25.8. The van der Waals surface area contributed by atoms with Crippen molar-refractivity contribution in [2.24, 2.45) is 11.5 Å². The van der Waals surface area contributed by atoms with Gasteiger partial charge in [-0.05, 0) is 37.6 Å². The van der Waals surface area contributed by atoms with E-state index >= 15 is 0 Å². The minimum absolute atomic E-state index is 0.0563. The molecule has 0 unspecified atom stereocenters. The minimum atomic E-state index is -3.52. The van der Waals surface area contributed by atoms with E-state index in [-0.39, 0.29) is 17.1 Å².